The van der Waals surface area contributed by atoms with Crippen LogP contribution in [-0.4, -0.2) is 66.5 Å². The minimum absolute atomic E-state index is 0.121. The summed E-state index contributed by atoms with van der Waals surface area (Å²) >= 11 is 0. The Kier molecular flexibility index (Phi) is 7.44. The molecule has 0 saturated carbocycles. The van der Waals surface area contributed by atoms with Gasteiger partial charge in [0, 0.05) is 49.1 Å². The highest BCUT2D eigenvalue weighted by molar-refractivity contribution is 5.90. The molecule has 0 bridgehead atoms. The van der Waals surface area contributed by atoms with Gasteiger partial charge in [0.2, 0.25) is 5.95 Å². The molecule has 1 aromatic heterocycles. The molecule has 2 saturated heterocycles. The summed E-state index contributed by atoms with van der Waals surface area (Å²) < 4.78 is 16.8. The van der Waals surface area contributed by atoms with Crippen molar-refractivity contribution in [2.45, 2.75) is 18.9 Å². The minimum Gasteiger partial charge on any atom is -0.488 e. The molecule has 2 amide bonds. The smallest absolute Gasteiger partial charge is 0.322 e. The highest BCUT2D eigenvalue weighted by atomic mass is 16.5. The molecule has 5 rings (SSSR count). The van der Waals surface area contributed by atoms with E-state index in [0.717, 1.165) is 29.8 Å². The number of ether oxygens (including phenoxy) is 3. The molecule has 10 heteroatoms. The highest BCUT2D eigenvalue weighted by Gasteiger charge is 2.18. The number of carbonyl (C=O) groups excluding carboxylic acids is 1. The zero-order valence-corrected chi connectivity index (χ0v) is 20.0. The number of nitrogen functional groups attached to an aromatic ring is 1. The third-order valence-corrected chi connectivity index (χ3v) is 6.09. The zero-order valence-electron chi connectivity index (χ0n) is 20.0. The summed E-state index contributed by atoms with van der Waals surface area (Å²) in [6.45, 7) is 3.69. The molecule has 10 nitrogen and oxygen atoms in total. The summed E-state index contributed by atoms with van der Waals surface area (Å²) in [6, 6.07) is 14.8. The quantitative estimate of drug-likeness (QED) is 0.445. The predicted molar refractivity (Wildman–Crippen MR) is 137 cm³/mol. The van der Waals surface area contributed by atoms with E-state index in [9.17, 15) is 4.79 Å². The van der Waals surface area contributed by atoms with Crippen molar-refractivity contribution in [3.05, 3.63) is 54.7 Å². The molecule has 2 aliphatic rings. The number of urea groups is 1. The Morgan fingerprint density at radius 1 is 1.00 bits per heavy atom. The van der Waals surface area contributed by atoms with E-state index in [1.807, 2.05) is 48.5 Å². The van der Waals surface area contributed by atoms with Gasteiger partial charge in [-0.25, -0.2) is 14.8 Å². The van der Waals surface area contributed by atoms with Gasteiger partial charge in [0.1, 0.15) is 11.9 Å². The first-order chi connectivity index (χ1) is 17.6. The molecular weight excluding hydrogens is 460 g/mol. The second-order valence-corrected chi connectivity index (χ2v) is 8.68. The van der Waals surface area contributed by atoms with Gasteiger partial charge in [0.05, 0.1) is 37.8 Å². The van der Waals surface area contributed by atoms with E-state index in [-0.39, 0.29) is 12.1 Å². The van der Waals surface area contributed by atoms with Crippen molar-refractivity contribution in [2.24, 2.45) is 0 Å². The van der Waals surface area contributed by atoms with Crippen molar-refractivity contribution in [2.75, 3.05) is 55.9 Å². The lowest BCUT2D eigenvalue weighted by Gasteiger charge is -2.27. The molecule has 3 aromatic rings. The van der Waals surface area contributed by atoms with Crippen LogP contribution in [0.4, 0.5) is 27.8 Å². The SMILES string of the molecule is Nc1cc(-c2ccnc(Nc3cccc(NC(=O)N4CCOCC4)c3)n2)ccc1OC1CCOCC1. The lowest BCUT2D eigenvalue weighted by molar-refractivity contribution is 0.0259. The fraction of sp³-hybridized carbons (Fsp3) is 0.346. The molecular formula is C26H30N6O4. The largest absolute Gasteiger partial charge is 0.488 e. The zero-order chi connectivity index (χ0) is 24.7. The topological polar surface area (TPSA) is 124 Å². The number of rotatable bonds is 6. The van der Waals surface area contributed by atoms with Gasteiger partial charge in [-0.2, -0.15) is 0 Å². The normalized spacial score (nSPS) is 16.4. The lowest BCUT2D eigenvalue weighted by atomic mass is 10.1. The van der Waals surface area contributed by atoms with E-state index in [1.54, 1.807) is 11.1 Å². The van der Waals surface area contributed by atoms with Crippen LogP contribution in [0.5, 0.6) is 5.75 Å². The van der Waals surface area contributed by atoms with Crippen molar-refractivity contribution in [1.29, 1.82) is 0 Å². The molecule has 188 valence electrons. The third kappa shape index (κ3) is 6.02. The standard InChI is InChI=1S/C26H30N6O4/c27-22-16-18(4-5-24(22)36-21-7-12-34-13-8-21)23-6-9-28-25(31-23)29-19-2-1-3-20(17-19)30-26(33)32-10-14-35-15-11-32/h1-6,9,16-17,21H,7-8,10-15,27H2,(H,30,33)(H,28,29,31). The van der Waals surface area contributed by atoms with Gasteiger partial charge in [-0.3, -0.25) is 0 Å². The molecule has 0 spiro atoms. The number of carbonyl (C=O) groups is 1. The number of morpholine rings is 1. The molecule has 36 heavy (non-hydrogen) atoms. The molecule has 0 aliphatic carbocycles. The lowest BCUT2D eigenvalue weighted by Crippen LogP contribution is -2.43. The van der Waals surface area contributed by atoms with Gasteiger partial charge in [-0.15, -0.1) is 0 Å². The van der Waals surface area contributed by atoms with E-state index in [1.165, 1.54) is 0 Å². The first-order valence-electron chi connectivity index (χ1n) is 12.1. The van der Waals surface area contributed by atoms with E-state index >= 15 is 0 Å². The summed E-state index contributed by atoms with van der Waals surface area (Å²) in [7, 11) is 0. The number of benzene rings is 2. The maximum Gasteiger partial charge on any atom is 0.322 e. The van der Waals surface area contributed by atoms with Crippen LogP contribution in [0.25, 0.3) is 11.3 Å². The predicted octanol–water partition coefficient (Wildman–Crippen LogP) is 3.89. The van der Waals surface area contributed by atoms with Crippen LogP contribution in [0, 0.1) is 0 Å². The van der Waals surface area contributed by atoms with Crippen LogP contribution in [0.3, 0.4) is 0 Å². The highest BCUT2D eigenvalue weighted by Crippen LogP contribution is 2.30. The maximum absolute atomic E-state index is 12.5. The Bertz CT molecular complexity index is 1190. The third-order valence-electron chi connectivity index (χ3n) is 6.09. The molecule has 0 unspecified atom stereocenters. The summed E-state index contributed by atoms with van der Waals surface area (Å²) in [4.78, 5) is 23.2. The van der Waals surface area contributed by atoms with Gasteiger partial charge < -0.3 is 35.5 Å². The van der Waals surface area contributed by atoms with Crippen molar-refractivity contribution in [3.8, 4) is 17.0 Å². The monoisotopic (exact) mass is 490 g/mol. The molecule has 2 fully saturated rings. The van der Waals surface area contributed by atoms with Crippen LogP contribution in [0.15, 0.2) is 54.7 Å². The average Bonchev–Trinajstić information content (AvgIpc) is 2.91. The molecule has 2 aliphatic heterocycles. The Morgan fingerprint density at radius 2 is 1.78 bits per heavy atom. The van der Waals surface area contributed by atoms with Crippen LogP contribution in [0.2, 0.25) is 0 Å². The van der Waals surface area contributed by atoms with Crippen molar-refractivity contribution < 1.29 is 19.0 Å². The fourth-order valence-corrected chi connectivity index (χ4v) is 4.14. The van der Waals surface area contributed by atoms with Crippen molar-refractivity contribution >= 4 is 29.0 Å². The van der Waals surface area contributed by atoms with Crippen molar-refractivity contribution in [3.63, 3.8) is 0 Å². The number of aromatic nitrogens is 2. The minimum atomic E-state index is -0.143. The van der Waals surface area contributed by atoms with Crippen LogP contribution in [0.1, 0.15) is 12.8 Å². The van der Waals surface area contributed by atoms with Crippen LogP contribution < -0.4 is 21.1 Å². The number of nitrogens with one attached hydrogen (secondary N) is 2. The van der Waals surface area contributed by atoms with Gasteiger partial charge in [-0.05, 0) is 42.5 Å². The fourth-order valence-electron chi connectivity index (χ4n) is 4.14. The van der Waals surface area contributed by atoms with Crippen LogP contribution in [-0.2, 0) is 9.47 Å². The van der Waals surface area contributed by atoms with Gasteiger partial charge in [0.25, 0.3) is 0 Å². The van der Waals surface area contributed by atoms with E-state index in [4.69, 9.17) is 19.9 Å². The number of nitrogens with two attached hydrogens (primary N) is 1. The summed E-state index contributed by atoms with van der Waals surface area (Å²) in [5, 5.41) is 6.15. The van der Waals surface area contributed by atoms with Gasteiger partial charge in [0.15, 0.2) is 0 Å². The Hall–Kier alpha value is -3.89. The Labute approximate surface area is 209 Å². The summed E-state index contributed by atoms with van der Waals surface area (Å²) in [6.07, 6.45) is 3.54. The molecule has 2 aromatic carbocycles. The van der Waals surface area contributed by atoms with E-state index in [0.29, 0.717) is 62.6 Å². The van der Waals surface area contributed by atoms with Crippen molar-refractivity contribution in [1.82, 2.24) is 14.9 Å². The number of nitrogens with zero attached hydrogens (tertiary/aromatic N) is 3. The summed E-state index contributed by atoms with van der Waals surface area (Å²) in [5.41, 5.74) is 9.89. The molecule has 3 heterocycles. The number of hydrogen-bond donors (Lipinski definition) is 3. The molecule has 0 atom stereocenters. The Morgan fingerprint density at radius 3 is 2.58 bits per heavy atom. The second kappa shape index (κ2) is 11.2. The average molecular weight is 491 g/mol. The first-order valence-corrected chi connectivity index (χ1v) is 12.1. The maximum atomic E-state index is 12.5. The van der Waals surface area contributed by atoms with Gasteiger partial charge in [-0.1, -0.05) is 6.07 Å². The first kappa shape index (κ1) is 23.8. The summed E-state index contributed by atoms with van der Waals surface area (Å²) in [5.74, 6) is 1.11. The molecule has 0 radical (unpaired) electrons. The van der Waals surface area contributed by atoms with E-state index < -0.39 is 0 Å². The number of amides is 2. The van der Waals surface area contributed by atoms with Crippen LogP contribution >= 0.6 is 0 Å². The molecule has 4 N–H and O–H groups in total. The number of anilines is 4. The van der Waals surface area contributed by atoms with E-state index in [2.05, 4.69) is 20.6 Å². The Balaban J connectivity index is 1.25. The number of hydrogen-bond acceptors (Lipinski definition) is 8. The second-order valence-electron chi connectivity index (χ2n) is 8.68. The van der Waals surface area contributed by atoms with Gasteiger partial charge >= 0.3 is 6.03 Å².